The molecule has 3 aromatic rings. The Morgan fingerprint density at radius 2 is 2.06 bits per heavy atom. The van der Waals surface area contributed by atoms with Gasteiger partial charge in [-0.15, -0.1) is 16.7 Å². The Hall–Kier alpha value is -1.94. The molecule has 0 N–H and O–H groups in total. The van der Waals surface area contributed by atoms with Gasteiger partial charge in [0, 0.05) is 11.6 Å². The van der Waals surface area contributed by atoms with E-state index in [1.165, 1.54) is 0 Å². The molecule has 18 heavy (non-hydrogen) atoms. The van der Waals surface area contributed by atoms with Crippen LogP contribution < -0.4 is 0 Å². The molecule has 0 atom stereocenters. The molecular formula is C13H11ClN4. The fourth-order valence-electron chi connectivity index (χ4n) is 1.95. The zero-order chi connectivity index (χ0) is 12.4. The van der Waals surface area contributed by atoms with Gasteiger partial charge >= 0.3 is 0 Å². The largest absolute Gasteiger partial charge is 0.256 e. The van der Waals surface area contributed by atoms with Crippen molar-refractivity contribution in [2.45, 2.75) is 12.4 Å². The molecule has 0 saturated carbocycles. The van der Waals surface area contributed by atoms with Crippen molar-refractivity contribution in [2.75, 3.05) is 0 Å². The Morgan fingerprint density at radius 1 is 1.17 bits per heavy atom. The van der Waals surface area contributed by atoms with Crippen LogP contribution in [0.1, 0.15) is 11.3 Å². The van der Waals surface area contributed by atoms with Crippen LogP contribution in [0.2, 0.25) is 0 Å². The van der Waals surface area contributed by atoms with Gasteiger partial charge in [-0.1, -0.05) is 29.5 Å². The lowest BCUT2D eigenvalue weighted by Crippen LogP contribution is -2.01. The second kappa shape index (κ2) is 4.74. The van der Waals surface area contributed by atoms with E-state index in [1.54, 1.807) is 10.9 Å². The number of fused-ring (bicyclic) bond motifs is 1. The van der Waals surface area contributed by atoms with E-state index in [0.717, 1.165) is 22.2 Å². The van der Waals surface area contributed by atoms with Crippen molar-refractivity contribution in [3.8, 4) is 0 Å². The number of pyridine rings is 1. The van der Waals surface area contributed by atoms with E-state index in [1.807, 2.05) is 18.3 Å². The van der Waals surface area contributed by atoms with E-state index in [4.69, 9.17) is 11.6 Å². The summed E-state index contributed by atoms with van der Waals surface area (Å²) in [5.74, 6) is 0.383. The van der Waals surface area contributed by atoms with Gasteiger partial charge in [-0.25, -0.2) is 4.68 Å². The Kier molecular flexibility index (Phi) is 2.94. The summed E-state index contributed by atoms with van der Waals surface area (Å²) in [5.41, 5.74) is 2.91. The SMILES string of the molecule is ClCc1cn(Cc2cccc3cccnc23)nn1. The van der Waals surface area contributed by atoms with Crippen molar-refractivity contribution in [1.29, 1.82) is 0 Å². The number of hydrogen-bond acceptors (Lipinski definition) is 3. The van der Waals surface area contributed by atoms with Crippen LogP contribution in [-0.2, 0) is 12.4 Å². The molecule has 2 heterocycles. The zero-order valence-corrected chi connectivity index (χ0v) is 10.4. The number of halogens is 1. The van der Waals surface area contributed by atoms with Crippen LogP contribution in [-0.4, -0.2) is 20.0 Å². The summed E-state index contributed by atoms with van der Waals surface area (Å²) in [4.78, 5) is 4.42. The predicted molar refractivity (Wildman–Crippen MR) is 70.4 cm³/mol. The number of nitrogens with zero attached hydrogens (tertiary/aromatic N) is 4. The number of hydrogen-bond donors (Lipinski definition) is 0. The molecule has 0 radical (unpaired) electrons. The Labute approximate surface area is 109 Å². The number of aromatic nitrogens is 4. The number of para-hydroxylation sites is 1. The van der Waals surface area contributed by atoms with Gasteiger partial charge in [0.05, 0.1) is 29.8 Å². The summed E-state index contributed by atoms with van der Waals surface area (Å²) in [6, 6.07) is 10.1. The minimum absolute atomic E-state index is 0.383. The monoisotopic (exact) mass is 258 g/mol. The molecule has 0 bridgehead atoms. The van der Waals surface area contributed by atoms with Gasteiger partial charge in [0.2, 0.25) is 0 Å². The van der Waals surface area contributed by atoms with Crippen LogP contribution in [0.3, 0.4) is 0 Å². The van der Waals surface area contributed by atoms with Gasteiger partial charge in [0.1, 0.15) is 0 Å². The first-order chi connectivity index (χ1) is 8.86. The van der Waals surface area contributed by atoms with E-state index in [2.05, 4.69) is 33.5 Å². The first-order valence-corrected chi connectivity index (χ1v) is 6.18. The molecule has 0 aliphatic carbocycles. The van der Waals surface area contributed by atoms with E-state index >= 15 is 0 Å². The Bertz CT molecular complexity index is 672. The van der Waals surface area contributed by atoms with Crippen molar-refractivity contribution in [2.24, 2.45) is 0 Å². The van der Waals surface area contributed by atoms with E-state index in [-0.39, 0.29) is 0 Å². The molecule has 0 aliphatic heterocycles. The van der Waals surface area contributed by atoms with Crippen molar-refractivity contribution in [1.82, 2.24) is 20.0 Å². The fraction of sp³-hybridized carbons (Fsp3) is 0.154. The molecule has 4 nitrogen and oxygen atoms in total. The van der Waals surface area contributed by atoms with Crippen molar-refractivity contribution >= 4 is 22.5 Å². The van der Waals surface area contributed by atoms with Gasteiger partial charge in [-0.05, 0) is 11.6 Å². The van der Waals surface area contributed by atoms with Crippen molar-refractivity contribution < 1.29 is 0 Å². The van der Waals surface area contributed by atoms with Crippen molar-refractivity contribution in [3.63, 3.8) is 0 Å². The molecule has 5 heteroatoms. The summed E-state index contributed by atoms with van der Waals surface area (Å²) in [6.45, 7) is 0.651. The smallest absolute Gasteiger partial charge is 0.0974 e. The minimum Gasteiger partial charge on any atom is -0.256 e. The molecule has 0 unspecified atom stereocenters. The van der Waals surface area contributed by atoms with Gasteiger partial charge < -0.3 is 0 Å². The lowest BCUT2D eigenvalue weighted by molar-refractivity contribution is 0.651. The van der Waals surface area contributed by atoms with Crippen LogP contribution in [0.25, 0.3) is 10.9 Å². The van der Waals surface area contributed by atoms with Crippen LogP contribution in [0.5, 0.6) is 0 Å². The molecule has 3 rings (SSSR count). The molecule has 0 saturated heterocycles. The molecule has 0 fully saturated rings. The molecule has 90 valence electrons. The molecular weight excluding hydrogens is 248 g/mol. The average molecular weight is 259 g/mol. The third-order valence-corrected chi connectivity index (χ3v) is 3.05. The molecule has 0 spiro atoms. The maximum Gasteiger partial charge on any atom is 0.0974 e. The maximum absolute atomic E-state index is 5.71. The number of alkyl halides is 1. The zero-order valence-electron chi connectivity index (χ0n) is 9.62. The minimum atomic E-state index is 0.383. The highest BCUT2D eigenvalue weighted by Gasteiger charge is 2.04. The van der Waals surface area contributed by atoms with Gasteiger partial charge in [0.25, 0.3) is 0 Å². The van der Waals surface area contributed by atoms with Gasteiger partial charge in [-0.3, -0.25) is 4.98 Å². The quantitative estimate of drug-likeness (QED) is 0.679. The summed E-state index contributed by atoms with van der Waals surface area (Å²) in [7, 11) is 0. The van der Waals surface area contributed by atoms with Gasteiger partial charge in [-0.2, -0.15) is 0 Å². The second-order valence-electron chi connectivity index (χ2n) is 4.03. The first kappa shape index (κ1) is 11.2. The summed E-state index contributed by atoms with van der Waals surface area (Å²) in [5, 5.41) is 9.15. The standard InChI is InChI=1S/C13H11ClN4/c14-7-12-9-18(17-16-12)8-11-4-1-3-10-5-2-6-15-13(10)11/h1-6,9H,7-8H2. The Morgan fingerprint density at radius 3 is 2.89 bits per heavy atom. The highest BCUT2D eigenvalue weighted by molar-refractivity contribution is 6.16. The van der Waals surface area contributed by atoms with Gasteiger partial charge in [0.15, 0.2) is 0 Å². The van der Waals surface area contributed by atoms with E-state index in [0.29, 0.717) is 12.4 Å². The first-order valence-electron chi connectivity index (χ1n) is 5.64. The van der Waals surface area contributed by atoms with E-state index in [9.17, 15) is 0 Å². The molecule has 0 aliphatic rings. The lowest BCUT2D eigenvalue weighted by Gasteiger charge is -2.04. The highest BCUT2D eigenvalue weighted by atomic mass is 35.5. The summed E-state index contributed by atoms with van der Waals surface area (Å²) in [6.07, 6.45) is 3.66. The third-order valence-electron chi connectivity index (χ3n) is 2.77. The number of benzene rings is 1. The highest BCUT2D eigenvalue weighted by Crippen LogP contribution is 2.16. The number of rotatable bonds is 3. The topological polar surface area (TPSA) is 43.6 Å². The lowest BCUT2D eigenvalue weighted by atomic mass is 10.1. The van der Waals surface area contributed by atoms with Crippen LogP contribution >= 0.6 is 11.6 Å². The van der Waals surface area contributed by atoms with E-state index < -0.39 is 0 Å². The summed E-state index contributed by atoms with van der Waals surface area (Å²) >= 11 is 5.71. The second-order valence-corrected chi connectivity index (χ2v) is 4.30. The normalized spacial score (nSPS) is 10.9. The third kappa shape index (κ3) is 2.07. The molecule has 2 aromatic heterocycles. The van der Waals surface area contributed by atoms with Crippen LogP contribution in [0.4, 0.5) is 0 Å². The molecule has 0 amide bonds. The van der Waals surface area contributed by atoms with Crippen LogP contribution in [0, 0.1) is 0 Å². The predicted octanol–water partition coefficient (Wildman–Crippen LogP) is 2.61. The molecule has 1 aromatic carbocycles. The summed E-state index contributed by atoms with van der Waals surface area (Å²) < 4.78 is 1.78. The van der Waals surface area contributed by atoms with Crippen molar-refractivity contribution in [3.05, 3.63) is 54.0 Å². The Balaban J connectivity index is 1.99. The fourth-order valence-corrected chi connectivity index (χ4v) is 2.07. The van der Waals surface area contributed by atoms with Crippen LogP contribution in [0.15, 0.2) is 42.7 Å². The maximum atomic E-state index is 5.71. The average Bonchev–Trinajstić information content (AvgIpc) is 2.87.